The van der Waals surface area contributed by atoms with E-state index in [1.54, 1.807) is 36.4 Å². The number of amides is 1. The third-order valence-corrected chi connectivity index (χ3v) is 4.96. The molecule has 0 aliphatic carbocycles. The first-order chi connectivity index (χ1) is 15.0. The summed E-state index contributed by atoms with van der Waals surface area (Å²) < 4.78 is 0. The van der Waals surface area contributed by atoms with Crippen LogP contribution >= 0.6 is 0 Å². The van der Waals surface area contributed by atoms with Gasteiger partial charge in [0.05, 0.1) is 0 Å². The Morgan fingerprint density at radius 1 is 0.806 bits per heavy atom. The van der Waals surface area contributed by atoms with E-state index in [0.29, 0.717) is 29.5 Å². The highest BCUT2D eigenvalue weighted by Crippen LogP contribution is 2.28. The fourth-order valence-electron chi connectivity index (χ4n) is 3.41. The third-order valence-electron chi connectivity index (χ3n) is 4.96. The number of carboxylic acids is 2. The number of benzene rings is 3. The lowest BCUT2D eigenvalue weighted by atomic mass is 9.92. The van der Waals surface area contributed by atoms with Crippen LogP contribution in [0, 0.1) is 0 Å². The minimum atomic E-state index is -1.27. The van der Waals surface area contributed by atoms with E-state index < -0.39 is 23.9 Å². The molecule has 1 atom stereocenters. The molecule has 31 heavy (non-hydrogen) atoms. The van der Waals surface area contributed by atoms with Gasteiger partial charge in [0.25, 0.3) is 5.91 Å². The van der Waals surface area contributed by atoms with Gasteiger partial charge in [-0.3, -0.25) is 9.59 Å². The molecule has 1 unspecified atom stereocenters. The number of aliphatic carboxylic acids is 2. The highest BCUT2D eigenvalue weighted by Gasteiger charge is 2.25. The van der Waals surface area contributed by atoms with Gasteiger partial charge in [-0.25, -0.2) is 4.79 Å². The minimum Gasteiger partial charge on any atom is -0.481 e. The molecule has 3 aromatic carbocycles. The SMILES string of the molecule is O=C(O)CCCc1ccc(-c2ccccc2)cc1C(NC(=O)c1ccccc1)C(=O)O. The fraction of sp³-hybridized carbons (Fsp3) is 0.160. The Morgan fingerprint density at radius 2 is 1.45 bits per heavy atom. The third kappa shape index (κ3) is 5.79. The Kier molecular flexibility index (Phi) is 7.17. The summed E-state index contributed by atoms with van der Waals surface area (Å²) in [6, 6.07) is 22.1. The smallest absolute Gasteiger partial charge is 0.330 e. The van der Waals surface area contributed by atoms with Gasteiger partial charge in [0.1, 0.15) is 0 Å². The summed E-state index contributed by atoms with van der Waals surface area (Å²) in [6.07, 6.45) is 0.738. The summed E-state index contributed by atoms with van der Waals surface area (Å²) in [7, 11) is 0. The van der Waals surface area contributed by atoms with E-state index in [-0.39, 0.29) is 6.42 Å². The van der Waals surface area contributed by atoms with E-state index in [1.807, 2.05) is 42.5 Å². The van der Waals surface area contributed by atoms with Gasteiger partial charge in [-0.15, -0.1) is 0 Å². The Morgan fingerprint density at radius 3 is 2.06 bits per heavy atom. The average Bonchev–Trinajstić information content (AvgIpc) is 2.78. The number of nitrogens with one attached hydrogen (secondary N) is 1. The van der Waals surface area contributed by atoms with Crippen molar-refractivity contribution >= 4 is 17.8 Å². The zero-order valence-corrected chi connectivity index (χ0v) is 16.8. The molecule has 0 aliphatic rings. The van der Waals surface area contributed by atoms with Crippen molar-refractivity contribution in [2.24, 2.45) is 0 Å². The molecule has 0 aromatic heterocycles. The summed E-state index contributed by atoms with van der Waals surface area (Å²) >= 11 is 0. The van der Waals surface area contributed by atoms with Crippen molar-refractivity contribution in [1.29, 1.82) is 0 Å². The molecule has 0 fully saturated rings. The van der Waals surface area contributed by atoms with Crippen LogP contribution in [-0.4, -0.2) is 28.1 Å². The summed E-state index contributed by atoms with van der Waals surface area (Å²) in [5.74, 6) is -2.59. The van der Waals surface area contributed by atoms with E-state index in [0.717, 1.165) is 11.1 Å². The summed E-state index contributed by atoms with van der Waals surface area (Å²) in [5.41, 5.74) is 3.24. The molecule has 0 radical (unpaired) electrons. The van der Waals surface area contributed by atoms with Crippen molar-refractivity contribution in [3.63, 3.8) is 0 Å². The molecule has 3 N–H and O–H groups in total. The number of hydrogen-bond donors (Lipinski definition) is 3. The van der Waals surface area contributed by atoms with Crippen molar-refractivity contribution in [2.75, 3.05) is 0 Å². The number of carbonyl (C=O) groups is 3. The van der Waals surface area contributed by atoms with Gasteiger partial charge in [-0.2, -0.15) is 0 Å². The van der Waals surface area contributed by atoms with Crippen LogP contribution in [0.2, 0.25) is 0 Å². The minimum absolute atomic E-state index is 0.0199. The molecular weight excluding hydrogens is 394 g/mol. The zero-order chi connectivity index (χ0) is 22.2. The molecule has 0 aliphatic heterocycles. The largest absolute Gasteiger partial charge is 0.481 e. The summed E-state index contributed by atoms with van der Waals surface area (Å²) in [4.78, 5) is 35.7. The Bertz CT molecular complexity index is 1060. The number of carbonyl (C=O) groups excluding carboxylic acids is 1. The van der Waals surface area contributed by atoms with Crippen molar-refractivity contribution in [3.8, 4) is 11.1 Å². The van der Waals surface area contributed by atoms with Crippen LogP contribution in [0.25, 0.3) is 11.1 Å². The van der Waals surface area contributed by atoms with Crippen molar-refractivity contribution < 1.29 is 24.6 Å². The topological polar surface area (TPSA) is 104 Å². The highest BCUT2D eigenvalue weighted by atomic mass is 16.4. The molecule has 158 valence electrons. The van der Waals surface area contributed by atoms with E-state index in [1.165, 1.54) is 0 Å². The fourth-order valence-corrected chi connectivity index (χ4v) is 3.41. The first-order valence-electron chi connectivity index (χ1n) is 9.94. The van der Waals surface area contributed by atoms with Crippen LogP contribution in [0.15, 0.2) is 78.9 Å². The average molecular weight is 417 g/mol. The lowest BCUT2D eigenvalue weighted by Gasteiger charge is -2.20. The second-order valence-corrected chi connectivity index (χ2v) is 7.14. The van der Waals surface area contributed by atoms with Crippen LogP contribution in [0.3, 0.4) is 0 Å². The lowest BCUT2D eigenvalue weighted by molar-refractivity contribution is -0.139. The van der Waals surface area contributed by atoms with Gasteiger partial charge >= 0.3 is 11.9 Å². The standard InChI is InChI=1S/C25H23NO5/c27-22(28)13-7-12-18-14-15-20(17-8-3-1-4-9-17)16-21(18)23(25(30)31)26-24(29)19-10-5-2-6-11-19/h1-6,8-11,14-16,23H,7,12-13H2,(H,26,29)(H,27,28)(H,30,31). The molecule has 3 rings (SSSR count). The zero-order valence-electron chi connectivity index (χ0n) is 16.8. The predicted molar refractivity (Wildman–Crippen MR) is 117 cm³/mol. The van der Waals surface area contributed by atoms with Crippen LogP contribution < -0.4 is 5.32 Å². The molecule has 0 spiro atoms. The Labute approximate surface area is 180 Å². The molecular formula is C25H23NO5. The van der Waals surface area contributed by atoms with Crippen molar-refractivity contribution in [2.45, 2.75) is 25.3 Å². The Hall–Kier alpha value is -3.93. The van der Waals surface area contributed by atoms with E-state index in [2.05, 4.69) is 5.32 Å². The monoisotopic (exact) mass is 417 g/mol. The number of hydrogen-bond acceptors (Lipinski definition) is 3. The van der Waals surface area contributed by atoms with Crippen LogP contribution in [0.5, 0.6) is 0 Å². The van der Waals surface area contributed by atoms with E-state index >= 15 is 0 Å². The van der Waals surface area contributed by atoms with Crippen molar-refractivity contribution in [1.82, 2.24) is 5.32 Å². The van der Waals surface area contributed by atoms with Crippen molar-refractivity contribution in [3.05, 3.63) is 95.6 Å². The lowest BCUT2D eigenvalue weighted by Crippen LogP contribution is -2.34. The van der Waals surface area contributed by atoms with Gasteiger partial charge in [0.2, 0.25) is 0 Å². The number of rotatable bonds is 9. The molecule has 0 saturated heterocycles. The van der Waals surface area contributed by atoms with Gasteiger partial charge in [-0.1, -0.05) is 60.7 Å². The second kappa shape index (κ2) is 10.2. The maximum atomic E-state index is 12.7. The van der Waals surface area contributed by atoms with Gasteiger partial charge in [0.15, 0.2) is 6.04 Å². The molecule has 0 heterocycles. The number of aryl methyl sites for hydroxylation is 1. The van der Waals surface area contributed by atoms with Crippen LogP contribution in [-0.2, 0) is 16.0 Å². The van der Waals surface area contributed by atoms with Crippen LogP contribution in [0.4, 0.5) is 0 Å². The summed E-state index contributed by atoms with van der Waals surface area (Å²) in [5, 5.41) is 21.5. The van der Waals surface area contributed by atoms with Gasteiger partial charge < -0.3 is 15.5 Å². The molecule has 0 saturated carbocycles. The Balaban J connectivity index is 1.98. The van der Waals surface area contributed by atoms with E-state index in [4.69, 9.17) is 5.11 Å². The molecule has 0 bridgehead atoms. The maximum Gasteiger partial charge on any atom is 0.330 e. The first-order valence-corrected chi connectivity index (χ1v) is 9.94. The normalized spacial score (nSPS) is 11.5. The molecule has 1 amide bonds. The molecule has 3 aromatic rings. The number of carboxylic acid groups (broad SMARTS) is 2. The summed E-state index contributed by atoms with van der Waals surface area (Å²) in [6.45, 7) is 0. The molecule has 6 nitrogen and oxygen atoms in total. The van der Waals surface area contributed by atoms with Crippen LogP contribution in [0.1, 0.15) is 40.4 Å². The van der Waals surface area contributed by atoms with Gasteiger partial charge in [-0.05, 0) is 53.3 Å². The van der Waals surface area contributed by atoms with Gasteiger partial charge in [0, 0.05) is 12.0 Å². The molecule has 6 heteroatoms. The first kappa shape index (κ1) is 21.8. The predicted octanol–water partition coefficient (Wildman–Crippen LogP) is 4.32. The quantitative estimate of drug-likeness (QED) is 0.481. The maximum absolute atomic E-state index is 12.7. The van der Waals surface area contributed by atoms with E-state index in [9.17, 15) is 19.5 Å². The highest BCUT2D eigenvalue weighted by molar-refractivity contribution is 5.97. The second-order valence-electron chi connectivity index (χ2n) is 7.14.